The smallest absolute Gasteiger partial charge is 0.251 e. The van der Waals surface area contributed by atoms with Gasteiger partial charge in [0.15, 0.2) is 6.29 Å². The number of fused-ring (bicyclic) bond motifs is 1. The van der Waals surface area contributed by atoms with E-state index in [1.165, 1.54) is 12.0 Å². The Morgan fingerprint density at radius 2 is 1.70 bits per heavy atom. The average Bonchev–Trinajstić information content (AvgIpc) is 2.74. The monoisotopic (exact) mass is 365 g/mol. The van der Waals surface area contributed by atoms with Gasteiger partial charge >= 0.3 is 0 Å². The molecule has 1 aliphatic carbocycles. The van der Waals surface area contributed by atoms with Gasteiger partial charge in [0, 0.05) is 12.7 Å². The summed E-state index contributed by atoms with van der Waals surface area (Å²) in [5.41, 5.74) is 2.07. The molecule has 142 valence electrons. The number of amides is 1. The van der Waals surface area contributed by atoms with E-state index >= 15 is 0 Å². The van der Waals surface area contributed by atoms with Crippen LogP contribution in [-0.2, 0) is 9.47 Å². The van der Waals surface area contributed by atoms with Crippen LogP contribution in [0.25, 0.3) is 0 Å². The van der Waals surface area contributed by atoms with Crippen molar-refractivity contribution < 1.29 is 14.3 Å². The second-order valence-electron chi connectivity index (χ2n) is 7.64. The summed E-state index contributed by atoms with van der Waals surface area (Å²) in [6.07, 6.45) is 4.02. The van der Waals surface area contributed by atoms with Crippen molar-refractivity contribution in [1.82, 2.24) is 5.32 Å². The van der Waals surface area contributed by atoms with E-state index in [-0.39, 0.29) is 18.1 Å². The van der Waals surface area contributed by atoms with E-state index in [0.29, 0.717) is 17.4 Å². The van der Waals surface area contributed by atoms with Crippen molar-refractivity contribution in [3.05, 3.63) is 71.8 Å². The average molecular weight is 365 g/mol. The highest BCUT2D eigenvalue weighted by atomic mass is 16.7. The van der Waals surface area contributed by atoms with E-state index in [1.807, 2.05) is 30.3 Å². The van der Waals surface area contributed by atoms with Crippen molar-refractivity contribution in [2.75, 3.05) is 7.11 Å². The van der Waals surface area contributed by atoms with Gasteiger partial charge < -0.3 is 14.8 Å². The Balaban J connectivity index is 1.42. The van der Waals surface area contributed by atoms with Gasteiger partial charge in [-0.25, -0.2) is 0 Å². The van der Waals surface area contributed by atoms with Crippen LogP contribution in [0.4, 0.5) is 0 Å². The minimum Gasteiger partial charge on any atom is -0.354 e. The molecule has 2 aliphatic rings. The van der Waals surface area contributed by atoms with Crippen molar-refractivity contribution in [3.63, 3.8) is 0 Å². The fourth-order valence-corrected chi connectivity index (χ4v) is 4.55. The molecular weight excluding hydrogens is 338 g/mol. The second-order valence-corrected chi connectivity index (χ2v) is 7.64. The van der Waals surface area contributed by atoms with E-state index in [4.69, 9.17) is 9.47 Å². The molecule has 0 bridgehead atoms. The van der Waals surface area contributed by atoms with E-state index < -0.39 is 6.29 Å². The summed E-state index contributed by atoms with van der Waals surface area (Å²) in [6.45, 7) is 0. The third kappa shape index (κ3) is 4.07. The Kier molecular flexibility index (Phi) is 5.55. The molecule has 0 unspecified atom stereocenters. The maximum Gasteiger partial charge on any atom is 0.251 e. The Labute approximate surface area is 160 Å². The van der Waals surface area contributed by atoms with Crippen LogP contribution in [-0.4, -0.2) is 31.5 Å². The van der Waals surface area contributed by atoms with E-state index in [2.05, 4.69) is 35.6 Å². The predicted octanol–water partition coefficient (Wildman–Crippen LogP) is 4.13. The summed E-state index contributed by atoms with van der Waals surface area (Å²) in [5.74, 6) is 0.945. The first kappa shape index (κ1) is 18.2. The fraction of sp³-hybridized carbons (Fsp3) is 0.435. The molecule has 4 heteroatoms. The van der Waals surface area contributed by atoms with Crippen LogP contribution in [0.3, 0.4) is 0 Å². The zero-order valence-corrected chi connectivity index (χ0v) is 15.7. The number of carbonyl (C=O) groups excluding carboxylic acids is 1. The molecule has 1 N–H and O–H groups in total. The lowest BCUT2D eigenvalue weighted by molar-refractivity contribution is -0.218. The fourth-order valence-electron chi connectivity index (χ4n) is 4.55. The molecule has 2 aromatic rings. The first-order valence-corrected chi connectivity index (χ1v) is 9.83. The van der Waals surface area contributed by atoms with Gasteiger partial charge in [0.25, 0.3) is 5.91 Å². The number of carbonyl (C=O) groups is 1. The molecule has 2 aromatic carbocycles. The molecule has 1 aliphatic heterocycles. The molecule has 1 saturated heterocycles. The molecule has 1 saturated carbocycles. The Morgan fingerprint density at radius 3 is 2.41 bits per heavy atom. The number of benzene rings is 2. The minimum atomic E-state index is -0.395. The summed E-state index contributed by atoms with van der Waals surface area (Å²) in [4.78, 5) is 12.5. The lowest BCUT2D eigenvalue weighted by atomic mass is 9.73. The van der Waals surface area contributed by atoms with Crippen LogP contribution in [0.2, 0.25) is 0 Å². The summed E-state index contributed by atoms with van der Waals surface area (Å²) in [7, 11) is 1.66. The van der Waals surface area contributed by atoms with Gasteiger partial charge in [-0.05, 0) is 55.2 Å². The first-order valence-electron chi connectivity index (χ1n) is 9.83. The number of hydrogen-bond acceptors (Lipinski definition) is 3. The SMILES string of the molecule is CO[C@H]1O[C@H]2C[C@@H](c3ccccc3)CC[C@H]2C[C@@H]1NC(=O)c1ccccc1. The molecule has 1 heterocycles. The van der Waals surface area contributed by atoms with Crippen LogP contribution in [0.1, 0.15) is 47.5 Å². The number of ether oxygens (including phenoxy) is 2. The standard InChI is InChI=1S/C23H27NO3/c1-26-23-20(24-22(25)17-10-6-3-7-11-17)14-19-13-12-18(15-21(19)27-23)16-8-4-2-5-9-16/h2-11,18-21,23H,12-15H2,1H3,(H,24,25)/t18-,19-,20-,21-,23-/m0/s1. The predicted molar refractivity (Wildman–Crippen MR) is 105 cm³/mol. The van der Waals surface area contributed by atoms with Gasteiger partial charge in [-0.15, -0.1) is 0 Å². The molecule has 0 radical (unpaired) electrons. The third-order valence-corrected chi connectivity index (χ3v) is 5.98. The lowest BCUT2D eigenvalue weighted by Crippen LogP contribution is -2.54. The Hall–Kier alpha value is -2.17. The van der Waals surface area contributed by atoms with Gasteiger partial charge in [0.2, 0.25) is 0 Å². The molecule has 4 rings (SSSR count). The molecule has 5 atom stereocenters. The molecule has 2 fully saturated rings. The normalized spacial score (nSPS) is 30.3. The molecule has 27 heavy (non-hydrogen) atoms. The van der Waals surface area contributed by atoms with Gasteiger partial charge in [0.05, 0.1) is 12.1 Å². The van der Waals surface area contributed by atoms with Crippen LogP contribution < -0.4 is 5.32 Å². The number of hydrogen-bond donors (Lipinski definition) is 1. The highest BCUT2D eigenvalue weighted by molar-refractivity contribution is 5.94. The van der Waals surface area contributed by atoms with Gasteiger partial charge in [0.1, 0.15) is 0 Å². The van der Waals surface area contributed by atoms with Crippen molar-refractivity contribution in [1.29, 1.82) is 0 Å². The molecule has 0 spiro atoms. The second kappa shape index (κ2) is 8.24. The largest absolute Gasteiger partial charge is 0.354 e. The van der Waals surface area contributed by atoms with Crippen molar-refractivity contribution in [3.8, 4) is 0 Å². The van der Waals surface area contributed by atoms with Crippen LogP contribution >= 0.6 is 0 Å². The van der Waals surface area contributed by atoms with Crippen LogP contribution in [0, 0.1) is 5.92 Å². The molecule has 1 amide bonds. The quantitative estimate of drug-likeness (QED) is 0.886. The molecule has 4 nitrogen and oxygen atoms in total. The van der Waals surface area contributed by atoms with E-state index in [1.54, 1.807) is 7.11 Å². The summed E-state index contributed by atoms with van der Waals surface area (Å²) in [6, 6.07) is 19.9. The van der Waals surface area contributed by atoms with Gasteiger partial charge in [-0.1, -0.05) is 48.5 Å². The number of methoxy groups -OCH3 is 1. The molecular formula is C23H27NO3. The highest BCUT2D eigenvalue weighted by Gasteiger charge is 2.42. The highest BCUT2D eigenvalue weighted by Crippen LogP contribution is 2.42. The lowest BCUT2D eigenvalue weighted by Gasteiger charge is -2.45. The topological polar surface area (TPSA) is 47.6 Å². The Bertz CT molecular complexity index is 749. The summed E-state index contributed by atoms with van der Waals surface area (Å²) < 4.78 is 11.9. The van der Waals surface area contributed by atoms with Crippen LogP contribution in [0.5, 0.6) is 0 Å². The number of nitrogens with one attached hydrogen (secondary N) is 1. The summed E-state index contributed by atoms with van der Waals surface area (Å²) >= 11 is 0. The van der Waals surface area contributed by atoms with Crippen LogP contribution in [0.15, 0.2) is 60.7 Å². The van der Waals surface area contributed by atoms with E-state index in [0.717, 1.165) is 19.3 Å². The van der Waals surface area contributed by atoms with Crippen molar-refractivity contribution in [2.24, 2.45) is 5.92 Å². The minimum absolute atomic E-state index is 0.0670. The maximum absolute atomic E-state index is 12.5. The van der Waals surface area contributed by atoms with Gasteiger partial charge in [-0.2, -0.15) is 0 Å². The van der Waals surface area contributed by atoms with Gasteiger partial charge in [-0.3, -0.25) is 4.79 Å². The van der Waals surface area contributed by atoms with Crippen molar-refractivity contribution in [2.45, 2.75) is 50.0 Å². The zero-order valence-electron chi connectivity index (χ0n) is 15.7. The molecule has 0 aromatic heterocycles. The first-order chi connectivity index (χ1) is 13.2. The van der Waals surface area contributed by atoms with E-state index in [9.17, 15) is 4.79 Å². The van der Waals surface area contributed by atoms with Crippen molar-refractivity contribution >= 4 is 5.91 Å². The maximum atomic E-state index is 12.5. The summed E-state index contributed by atoms with van der Waals surface area (Å²) in [5, 5.41) is 3.12. The zero-order chi connectivity index (χ0) is 18.6. The third-order valence-electron chi connectivity index (χ3n) is 5.98. The number of rotatable bonds is 4. The Morgan fingerprint density at radius 1 is 1.00 bits per heavy atom.